The first-order valence-electron chi connectivity index (χ1n) is 10.7. The molecule has 0 bridgehead atoms. The number of rotatable bonds is 8. The fourth-order valence-corrected chi connectivity index (χ4v) is 3.69. The number of hydrogen-bond donors (Lipinski definition) is 1. The lowest BCUT2D eigenvalue weighted by Gasteiger charge is -2.31. The van der Waals surface area contributed by atoms with Gasteiger partial charge in [-0.3, -0.25) is 9.69 Å². The van der Waals surface area contributed by atoms with Gasteiger partial charge in [-0.15, -0.1) is 5.10 Å². The summed E-state index contributed by atoms with van der Waals surface area (Å²) in [4.78, 5) is 15.0. The Balaban J connectivity index is 1.61. The Morgan fingerprint density at radius 2 is 1.90 bits per heavy atom. The van der Waals surface area contributed by atoms with Crippen LogP contribution in [0.1, 0.15) is 33.6 Å². The van der Waals surface area contributed by atoms with Gasteiger partial charge in [0.1, 0.15) is 0 Å². The molecule has 8 nitrogen and oxygen atoms in total. The van der Waals surface area contributed by atoms with E-state index in [4.69, 9.17) is 26.1 Å². The van der Waals surface area contributed by atoms with Crippen molar-refractivity contribution in [1.29, 1.82) is 0 Å². The van der Waals surface area contributed by atoms with E-state index in [0.717, 1.165) is 31.5 Å². The number of amides is 1. The van der Waals surface area contributed by atoms with Crippen LogP contribution >= 0.6 is 12.2 Å². The Bertz CT molecular complexity index is 947. The Labute approximate surface area is 188 Å². The van der Waals surface area contributed by atoms with Crippen molar-refractivity contribution in [2.24, 2.45) is 11.8 Å². The molecule has 3 rings (SSSR count). The molecule has 2 heterocycles. The van der Waals surface area contributed by atoms with Crippen LogP contribution in [0.5, 0.6) is 11.5 Å². The van der Waals surface area contributed by atoms with Crippen LogP contribution in [0.15, 0.2) is 22.6 Å². The van der Waals surface area contributed by atoms with Crippen molar-refractivity contribution in [2.45, 2.75) is 46.3 Å². The molecule has 1 N–H and O–H groups in total. The van der Waals surface area contributed by atoms with Crippen molar-refractivity contribution >= 4 is 18.1 Å². The minimum atomic E-state index is 0.0602. The minimum Gasteiger partial charge on any atom is -0.493 e. The summed E-state index contributed by atoms with van der Waals surface area (Å²) < 4.78 is 18.0. The van der Waals surface area contributed by atoms with Crippen molar-refractivity contribution < 1.29 is 18.7 Å². The van der Waals surface area contributed by atoms with Gasteiger partial charge in [0, 0.05) is 30.6 Å². The van der Waals surface area contributed by atoms with Crippen molar-refractivity contribution in [3.05, 3.63) is 23.0 Å². The second-order valence-electron chi connectivity index (χ2n) is 8.32. The van der Waals surface area contributed by atoms with Gasteiger partial charge in [0.05, 0.1) is 20.9 Å². The smallest absolute Gasteiger partial charge is 0.288 e. The van der Waals surface area contributed by atoms with E-state index in [0.29, 0.717) is 34.8 Å². The Kier molecular flexibility index (Phi) is 7.72. The first-order valence-corrected chi connectivity index (χ1v) is 11.1. The summed E-state index contributed by atoms with van der Waals surface area (Å²) in [5.41, 5.74) is 0.761. The number of methoxy groups -OCH3 is 2. The highest BCUT2D eigenvalue weighted by atomic mass is 32.1. The molecule has 0 saturated carbocycles. The first-order chi connectivity index (χ1) is 14.8. The van der Waals surface area contributed by atoms with Crippen LogP contribution in [-0.2, 0) is 11.5 Å². The summed E-state index contributed by atoms with van der Waals surface area (Å²) in [6, 6.07) is 5.66. The maximum atomic E-state index is 12.5. The minimum absolute atomic E-state index is 0.0602. The van der Waals surface area contributed by atoms with Gasteiger partial charge in [-0.2, -0.15) is 0 Å². The maximum Gasteiger partial charge on any atom is 0.288 e. The highest BCUT2D eigenvalue weighted by molar-refractivity contribution is 7.71. The molecule has 1 fully saturated rings. The number of likely N-dealkylation sites (tertiary alicyclic amines) is 1. The largest absolute Gasteiger partial charge is 0.493 e. The average Bonchev–Trinajstić information content (AvgIpc) is 3.13. The zero-order valence-corrected chi connectivity index (χ0v) is 19.7. The zero-order valence-electron chi connectivity index (χ0n) is 18.9. The summed E-state index contributed by atoms with van der Waals surface area (Å²) in [6.07, 6.45) is 1.65. The number of ether oxygens (including phenoxy) is 2. The number of aromatic nitrogens is 2. The summed E-state index contributed by atoms with van der Waals surface area (Å²) >= 11 is 5.37. The lowest BCUT2D eigenvalue weighted by Crippen LogP contribution is -2.44. The molecule has 2 aromatic rings. The molecule has 1 unspecified atom stereocenters. The molecule has 0 aliphatic carbocycles. The number of piperidine rings is 1. The van der Waals surface area contributed by atoms with Crippen molar-refractivity contribution in [3.8, 4) is 23.0 Å². The zero-order chi connectivity index (χ0) is 22.5. The van der Waals surface area contributed by atoms with E-state index in [-0.39, 0.29) is 17.9 Å². The molecule has 0 radical (unpaired) electrons. The number of benzene rings is 1. The van der Waals surface area contributed by atoms with Crippen LogP contribution in [-0.4, -0.2) is 53.9 Å². The molecule has 1 saturated heterocycles. The van der Waals surface area contributed by atoms with E-state index in [1.54, 1.807) is 18.9 Å². The number of nitrogens with zero attached hydrogens (tertiary/aromatic N) is 3. The van der Waals surface area contributed by atoms with Gasteiger partial charge in [0.2, 0.25) is 11.8 Å². The number of hydrogen-bond acceptors (Lipinski definition) is 7. The van der Waals surface area contributed by atoms with Crippen LogP contribution in [0.4, 0.5) is 0 Å². The Morgan fingerprint density at radius 1 is 1.23 bits per heavy atom. The second kappa shape index (κ2) is 10.3. The second-order valence-corrected chi connectivity index (χ2v) is 8.67. The molecule has 1 amide bonds. The molecule has 9 heteroatoms. The quantitative estimate of drug-likeness (QED) is 0.616. The highest BCUT2D eigenvalue weighted by Gasteiger charge is 2.26. The third-order valence-electron chi connectivity index (χ3n) is 5.90. The molecule has 1 aromatic carbocycles. The van der Waals surface area contributed by atoms with E-state index in [9.17, 15) is 4.79 Å². The maximum absolute atomic E-state index is 12.5. The van der Waals surface area contributed by atoms with Gasteiger partial charge in [-0.1, -0.05) is 13.8 Å². The molecule has 0 spiro atoms. The monoisotopic (exact) mass is 448 g/mol. The van der Waals surface area contributed by atoms with Gasteiger partial charge in [0.25, 0.3) is 4.84 Å². The van der Waals surface area contributed by atoms with E-state index in [1.807, 2.05) is 18.2 Å². The molecule has 1 aromatic heterocycles. The molecule has 1 aliphatic heterocycles. The van der Waals surface area contributed by atoms with Crippen molar-refractivity contribution in [3.63, 3.8) is 0 Å². The normalized spacial score (nSPS) is 16.3. The predicted molar refractivity (Wildman–Crippen MR) is 121 cm³/mol. The molecular formula is C22H32N4O4S. The van der Waals surface area contributed by atoms with Crippen LogP contribution in [0.25, 0.3) is 11.5 Å². The lowest BCUT2D eigenvalue weighted by atomic mass is 9.95. The van der Waals surface area contributed by atoms with E-state index in [1.165, 1.54) is 0 Å². The number of carbonyl (C=O) groups excluding carboxylic acids is 1. The molecule has 1 aliphatic rings. The predicted octanol–water partition coefficient (Wildman–Crippen LogP) is 3.72. The van der Waals surface area contributed by atoms with Gasteiger partial charge in [0.15, 0.2) is 11.5 Å². The third-order valence-corrected chi connectivity index (χ3v) is 6.19. The summed E-state index contributed by atoms with van der Waals surface area (Å²) in [6.45, 7) is 8.45. The molecule has 1 atom stereocenters. The molecular weight excluding hydrogens is 416 g/mol. The van der Waals surface area contributed by atoms with E-state index >= 15 is 0 Å². The SMILES string of the molecule is COc1ccc(-c2nn(CN3CCC(C(=O)NC(C)C(C)C)CC3)c(=S)o2)cc1OC. The lowest BCUT2D eigenvalue weighted by molar-refractivity contribution is -0.127. The fourth-order valence-electron chi connectivity index (χ4n) is 3.52. The van der Waals surface area contributed by atoms with Gasteiger partial charge in [-0.25, -0.2) is 4.68 Å². The molecule has 170 valence electrons. The van der Waals surface area contributed by atoms with Gasteiger partial charge >= 0.3 is 0 Å². The Hall–Kier alpha value is -2.39. The van der Waals surface area contributed by atoms with Crippen molar-refractivity contribution in [2.75, 3.05) is 27.3 Å². The summed E-state index contributed by atoms with van der Waals surface area (Å²) in [5.74, 6) is 2.32. The van der Waals surface area contributed by atoms with Gasteiger partial charge in [-0.05, 0) is 56.1 Å². The number of carbonyl (C=O) groups is 1. The van der Waals surface area contributed by atoms with Crippen LogP contribution < -0.4 is 14.8 Å². The fraction of sp³-hybridized carbons (Fsp3) is 0.591. The molecule has 31 heavy (non-hydrogen) atoms. The third kappa shape index (κ3) is 5.65. The number of nitrogens with one attached hydrogen (secondary N) is 1. The average molecular weight is 449 g/mol. The van der Waals surface area contributed by atoms with Crippen LogP contribution in [0.3, 0.4) is 0 Å². The standard InChI is InChI=1S/C22H32N4O4S/c1-14(2)15(3)23-20(27)16-8-10-25(11-9-16)13-26-22(31)30-21(24-26)17-6-7-18(28-4)19(12-17)29-5/h6-7,12,14-16H,8-11,13H2,1-5H3,(H,23,27). The highest BCUT2D eigenvalue weighted by Crippen LogP contribution is 2.31. The Morgan fingerprint density at radius 3 is 2.52 bits per heavy atom. The van der Waals surface area contributed by atoms with E-state index in [2.05, 4.69) is 36.1 Å². The van der Waals surface area contributed by atoms with Gasteiger partial charge < -0.3 is 19.2 Å². The van der Waals surface area contributed by atoms with Crippen LogP contribution in [0.2, 0.25) is 0 Å². The van der Waals surface area contributed by atoms with Crippen LogP contribution in [0, 0.1) is 16.7 Å². The van der Waals surface area contributed by atoms with Crippen molar-refractivity contribution in [1.82, 2.24) is 20.0 Å². The summed E-state index contributed by atoms with van der Waals surface area (Å²) in [5, 5.41) is 7.68. The topological polar surface area (TPSA) is 81.8 Å². The summed E-state index contributed by atoms with van der Waals surface area (Å²) in [7, 11) is 3.18. The first kappa shape index (κ1) is 23.3. The van der Waals surface area contributed by atoms with E-state index < -0.39 is 0 Å².